The Morgan fingerprint density at radius 3 is 2.87 bits per heavy atom. The van der Waals surface area contributed by atoms with Gasteiger partial charge in [0.1, 0.15) is 4.60 Å². The van der Waals surface area contributed by atoms with E-state index < -0.39 is 0 Å². The molecular formula is C11H15BrN2O. The summed E-state index contributed by atoms with van der Waals surface area (Å²) in [5.41, 5.74) is 2.51. The number of nitrogens with zero attached hydrogens (tertiary/aromatic N) is 2. The lowest BCUT2D eigenvalue weighted by Gasteiger charge is -2.11. The number of halogens is 1. The lowest BCUT2D eigenvalue weighted by Crippen LogP contribution is -2.08. The second-order valence-electron chi connectivity index (χ2n) is 4.40. The Balaban J connectivity index is 1.97. The van der Waals surface area contributed by atoms with E-state index in [0.29, 0.717) is 6.04 Å². The van der Waals surface area contributed by atoms with Crippen LogP contribution in [-0.2, 0) is 17.8 Å². The van der Waals surface area contributed by atoms with Gasteiger partial charge in [-0.3, -0.25) is 4.68 Å². The molecule has 15 heavy (non-hydrogen) atoms. The molecule has 1 aromatic rings. The van der Waals surface area contributed by atoms with Gasteiger partial charge in [-0.25, -0.2) is 0 Å². The van der Waals surface area contributed by atoms with Crippen molar-refractivity contribution in [3.8, 4) is 0 Å². The number of hydrogen-bond donors (Lipinski definition) is 0. The summed E-state index contributed by atoms with van der Waals surface area (Å²) in [7, 11) is 0. The van der Waals surface area contributed by atoms with Gasteiger partial charge in [-0.1, -0.05) is 12.8 Å². The Bertz CT molecular complexity index is 369. The Morgan fingerprint density at radius 1 is 1.33 bits per heavy atom. The normalized spacial score (nSPS) is 21.9. The second kappa shape index (κ2) is 3.91. The van der Waals surface area contributed by atoms with E-state index in [1.54, 1.807) is 0 Å². The third kappa shape index (κ3) is 1.64. The zero-order chi connectivity index (χ0) is 10.3. The topological polar surface area (TPSA) is 27.1 Å². The first-order valence-electron chi connectivity index (χ1n) is 5.70. The van der Waals surface area contributed by atoms with Crippen LogP contribution in [0.5, 0.6) is 0 Å². The molecule has 0 radical (unpaired) electrons. The molecule has 0 saturated heterocycles. The van der Waals surface area contributed by atoms with Crippen molar-refractivity contribution in [3.05, 3.63) is 15.9 Å². The number of aromatic nitrogens is 2. The van der Waals surface area contributed by atoms with E-state index in [1.165, 1.54) is 36.9 Å². The first kappa shape index (κ1) is 9.85. The highest BCUT2D eigenvalue weighted by atomic mass is 79.9. The zero-order valence-electron chi connectivity index (χ0n) is 8.71. The minimum atomic E-state index is 0.616. The fourth-order valence-corrected chi connectivity index (χ4v) is 3.28. The van der Waals surface area contributed by atoms with Crippen molar-refractivity contribution in [2.45, 2.75) is 44.8 Å². The molecule has 1 fully saturated rings. The first-order chi connectivity index (χ1) is 7.36. The van der Waals surface area contributed by atoms with Gasteiger partial charge in [-0.2, -0.15) is 5.10 Å². The number of ether oxygens (including phenoxy) is 1. The predicted molar refractivity (Wildman–Crippen MR) is 60.8 cm³/mol. The van der Waals surface area contributed by atoms with E-state index in [0.717, 1.165) is 24.2 Å². The van der Waals surface area contributed by atoms with E-state index in [2.05, 4.69) is 20.6 Å². The summed E-state index contributed by atoms with van der Waals surface area (Å²) in [6, 6.07) is 0.616. The van der Waals surface area contributed by atoms with Crippen LogP contribution < -0.4 is 0 Å². The third-order valence-corrected chi connectivity index (χ3v) is 4.27. The molecule has 2 heterocycles. The first-order valence-corrected chi connectivity index (χ1v) is 6.49. The molecule has 1 aromatic heterocycles. The molecule has 0 aromatic carbocycles. The molecule has 4 heteroatoms. The van der Waals surface area contributed by atoms with E-state index in [-0.39, 0.29) is 0 Å². The fraction of sp³-hybridized carbons (Fsp3) is 0.727. The molecule has 0 spiro atoms. The maximum absolute atomic E-state index is 5.47. The second-order valence-corrected chi connectivity index (χ2v) is 5.15. The van der Waals surface area contributed by atoms with Gasteiger partial charge in [0, 0.05) is 12.0 Å². The molecule has 1 aliphatic heterocycles. The average molecular weight is 271 g/mol. The summed E-state index contributed by atoms with van der Waals surface area (Å²) in [4.78, 5) is 0. The van der Waals surface area contributed by atoms with Crippen molar-refractivity contribution >= 4 is 15.9 Å². The van der Waals surface area contributed by atoms with E-state index in [1.807, 2.05) is 0 Å². The third-order valence-electron chi connectivity index (χ3n) is 3.43. The Kier molecular flexibility index (Phi) is 2.56. The van der Waals surface area contributed by atoms with Crippen LogP contribution in [0.25, 0.3) is 0 Å². The van der Waals surface area contributed by atoms with Crippen molar-refractivity contribution in [1.82, 2.24) is 9.78 Å². The number of hydrogen-bond acceptors (Lipinski definition) is 2. The molecule has 82 valence electrons. The minimum Gasteiger partial charge on any atom is -0.376 e. The summed E-state index contributed by atoms with van der Waals surface area (Å²) >= 11 is 3.67. The van der Waals surface area contributed by atoms with Crippen LogP contribution in [0.1, 0.15) is 43.0 Å². The smallest absolute Gasteiger partial charge is 0.110 e. The summed E-state index contributed by atoms with van der Waals surface area (Å²) in [5.74, 6) is 0. The maximum atomic E-state index is 5.47. The molecule has 3 nitrogen and oxygen atoms in total. The van der Waals surface area contributed by atoms with Crippen molar-refractivity contribution in [3.63, 3.8) is 0 Å². The predicted octanol–water partition coefficient (Wildman–Crippen LogP) is 2.83. The Morgan fingerprint density at radius 2 is 2.13 bits per heavy atom. The summed E-state index contributed by atoms with van der Waals surface area (Å²) in [6.07, 6.45) is 6.21. The highest BCUT2D eigenvalue weighted by Crippen LogP contribution is 2.34. The van der Waals surface area contributed by atoms with Crippen LogP contribution in [0, 0.1) is 0 Å². The van der Waals surface area contributed by atoms with Gasteiger partial charge in [0.2, 0.25) is 0 Å². The largest absolute Gasteiger partial charge is 0.376 e. The van der Waals surface area contributed by atoms with Gasteiger partial charge in [0.05, 0.1) is 24.9 Å². The zero-order valence-corrected chi connectivity index (χ0v) is 10.3. The van der Waals surface area contributed by atoms with Crippen molar-refractivity contribution < 1.29 is 4.74 Å². The van der Waals surface area contributed by atoms with E-state index in [9.17, 15) is 0 Å². The van der Waals surface area contributed by atoms with Crippen LogP contribution in [0.3, 0.4) is 0 Å². The van der Waals surface area contributed by atoms with Gasteiger partial charge >= 0.3 is 0 Å². The molecular weight excluding hydrogens is 256 g/mol. The Labute approximate surface area is 97.9 Å². The molecule has 0 amide bonds. The summed E-state index contributed by atoms with van der Waals surface area (Å²) in [6.45, 7) is 1.55. The summed E-state index contributed by atoms with van der Waals surface area (Å²) < 4.78 is 8.81. The molecule has 2 aliphatic rings. The highest BCUT2D eigenvalue weighted by molar-refractivity contribution is 9.10. The quantitative estimate of drug-likeness (QED) is 0.785. The lowest BCUT2D eigenvalue weighted by molar-refractivity contribution is 0.110. The van der Waals surface area contributed by atoms with Crippen LogP contribution >= 0.6 is 15.9 Å². The van der Waals surface area contributed by atoms with E-state index in [4.69, 9.17) is 9.84 Å². The molecule has 0 unspecified atom stereocenters. The molecule has 3 rings (SSSR count). The van der Waals surface area contributed by atoms with E-state index >= 15 is 0 Å². The van der Waals surface area contributed by atoms with Crippen molar-refractivity contribution in [2.75, 3.05) is 6.61 Å². The van der Waals surface area contributed by atoms with Crippen molar-refractivity contribution in [2.24, 2.45) is 0 Å². The standard InChI is InChI=1S/C11H15BrN2O/c12-11-9-7-15-6-5-10(9)13-14(11)8-3-1-2-4-8/h8H,1-7H2. The van der Waals surface area contributed by atoms with Gasteiger partial charge in [0.25, 0.3) is 0 Å². The average Bonchev–Trinajstić information content (AvgIpc) is 2.87. The minimum absolute atomic E-state index is 0.616. The van der Waals surface area contributed by atoms with Gasteiger partial charge in [0.15, 0.2) is 0 Å². The van der Waals surface area contributed by atoms with Crippen LogP contribution in [-0.4, -0.2) is 16.4 Å². The lowest BCUT2D eigenvalue weighted by atomic mass is 10.2. The fourth-order valence-electron chi connectivity index (χ4n) is 2.57. The molecule has 0 bridgehead atoms. The molecule has 0 N–H and O–H groups in total. The highest BCUT2D eigenvalue weighted by Gasteiger charge is 2.25. The molecule has 1 aliphatic carbocycles. The summed E-state index contributed by atoms with van der Waals surface area (Å²) in [5, 5.41) is 4.72. The van der Waals surface area contributed by atoms with Crippen LogP contribution in [0.15, 0.2) is 4.60 Å². The number of rotatable bonds is 1. The maximum Gasteiger partial charge on any atom is 0.110 e. The number of fused-ring (bicyclic) bond motifs is 1. The molecule has 1 saturated carbocycles. The Hall–Kier alpha value is -0.350. The molecule has 0 atom stereocenters. The van der Waals surface area contributed by atoms with Gasteiger partial charge in [-0.05, 0) is 28.8 Å². The SMILES string of the molecule is Brc1c2c(nn1C1CCCC1)CCOC2. The van der Waals surface area contributed by atoms with Crippen LogP contribution in [0.2, 0.25) is 0 Å². The van der Waals surface area contributed by atoms with Gasteiger partial charge < -0.3 is 4.74 Å². The van der Waals surface area contributed by atoms with Crippen molar-refractivity contribution in [1.29, 1.82) is 0 Å². The monoisotopic (exact) mass is 270 g/mol. The van der Waals surface area contributed by atoms with Crippen LogP contribution in [0.4, 0.5) is 0 Å². The van der Waals surface area contributed by atoms with Gasteiger partial charge in [-0.15, -0.1) is 0 Å².